The number of rotatable bonds is 5. The summed E-state index contributed by atoms with van der Waals surface area (Å²) in [7, 11) is 0. The first-order valence-electron chi connectivity index (χ1n) is 6.25. The largest absolute Gasteiger partial charge is 0.315 e. The van der Waals surface area contributed by atoms with Crippen molar-refractivity contribution < 1.29 is 0 Å². The van der Waals surface area contributed by atoms with E-state index in [1.807, 2.05) is 12.3 Å². The molecule has 17 heavy (non-hydrogen) atoms. The van der Waals surface area contributed by atoms with E-state index in [1.165, 1.54) is 25.1 Å². The molecule has 96 valence electrons. The lowest BCUT2D eigenvalue weighted by atomic mass is 10.2. The van der Waals surface area contributed by atoms with E-state index in [0.29, 0.717) is 6.04 Å². The predicted molar refractivity (Wildman–Crippen MR) is 73.5 cm³/mol. The van der Waals surface area contributed by atoms with Crippen LogP contribution in [0.15, 0.2) is 24.4 Å². The van der Waals surface area contributed by atoms with Gasteiger partial charge in [0.05, 0.1) is 5.69 Å². The topological polar surface area (TPSA) is 28.2 Å². The first-order valence-corrected chi connectivity index (χ1v) is 6.25. The lowest BCUT2D eigenvalue weighted by molar-refractivity contribution is 0.197. The Balaban J connectivity index is 0.00000144. The molecule has 2 rings (SSSR count). The molecule has 2 heterocycles. The second kappa shape index (κ2) is 7.64. The second-order valence-corrected chi connectivity index (χ2v) is 4.44. The molecule has 1 saturated heterocycles. The molecule has 1 unspecified atom stereocenters. The Labute approximate surface area is 110 Å². The van der Waals surface area contributed by atoms with Gasteiger partial charge in [0.25, 0.3) is 0 Å². The molecule has 1 aromatic heterocycles. The van der Waals surface area contributed by atoms with Crippen LogP contribution in [0.2, 0.25) is 0 Å². The second-order valence-electron chi connectivity index (χ2n) is 4.44. The monoisotopic (exact) mass is 255 g/mol. The molecule has 0 bridgehead atoms. The number of pyridine rings is 1. The van der Waals surface area contributed by atoms with Gasteiger partial charge in [0.1, 0.15) is 0 Å². The van der Waals surface area contributed by atoms with Crippen molar-refractivity contribution in [2.45, 2.75) is 32.4 Å². The van der Waals surface area contributed by atoms with Crippen molar-refractivity contribution in [3.8, 4) is 0 Å². The molecular weight excluding hydrogens is 234 g/mol. The van der Waals surface area contributed by atoms with Crippen molar-refractivity contribution in [2.75, 3.05) is 19.6 Å². The molecule has 0 aliphatic carbocycles. The van der Waals surface area contributed by atoms with Crippen LogP contribution in [0.25, 0.3) is 0 Å². The molecule has 0 aromatic carbocycles. The Kier molecular flexibility index (Phi) is 6.48. The van der Waals surface area contributed by atoms with Gasteiger partial charge in [-0.05, 0) is 38.1 Å². The molecule has 1 aromatic rings. The van der Waals surface area contributed by atoms with E-state index in [4.69, 9.17) is 0 Å². The standard InChI is InChI=1S/C13H21N3.ClH/c1-2-9-16(13-6-8-14-10-13)11-12-5-3-4-7-15-12;/h3-5,7,13-14H,2,6,8-11H2,1H3;1H. The number of nitrogens with zero attached hydrogens (tertiary/aromatic N) is 2. The molecule has 0 saturated carbocycles. The zero-order chi connectivity index (χ0) is 11.2. The Morgan fingerprint density at radius 2 is 2.35 bits per heavy atom. The minimum absolute atomic E-state index is 0. The zero-order valence-corrected chi connectivity index (χ0v) is 11.2. The maximum absolute atomic E-state index is 4.41. The minimum Gasteiger partial charge on any atom is -0.315 e. The summed E-state index contributed by atoms with van der Waals surface area (Å²) < 4.78 is 0. The Morgan fingerprint density at radius 3 is 2.94 bits per heavy atom. The number of nitrogens with one attached hydrogen (secondary N) is 1. The first-order chi connectivity index (χ1) is 7.90. The fourth-order valence-corrected chi connectivity index (χ4v) is 2.33. The fraction of sp³-hybridized carbons (Fsp3) is 0.615. The third-order valence-electron chi connectivity index (χ3n) is 3.15. The molecule has 0 amide bonds. The highest BCUT2D eigenvalue weighted by Crippen LogP contribution is 2.12. The van der Waals surface area contributed by atoms with E-state index >= 15 is 0 Å². The van der Waals surface area contributed by atoms with Crippen LogP contribution in [0.1, 0.15) is 25.5 Å². The average Bonchev–Trinajstić information content (AvgIpc) is 2.83. The van der Waals surface area contributed by atoms with E-state index in [2.05, 4.69) is 34.3 Å². The van der Waals surface area contributed by atoms with Crippen molar-refractivity contribution in [2.24, 2.45) is 0 Å². The quantitative estimate of drug-likeness (QED) is 0.873. The average molecular weight is 256 g/mol. The van der Waals surface area contributed by atoms with Gasteiger partial charge in [0.2, 0.25) is 0 Å². The van der Waals surface area contributed by atoms with Crippen LogP contribution in [0.4, 0.5) is 0 Å². The van der Waals surface area contributed by atoms with Crippen molar-refractivity contribution in [1.29, 1.82) is 0 Å². The van der Waals surface area contributed by atoms with Gasteiger partial charge >= 0.3 is 0 Å². The molecule has 1 atom stereocenters. The summed E-state index contributed by atoms with van der Waals surface area (Å²) in [5.41, 5.74) is 1.18. The Bertz CT molecular complexity index is 299. The van der Waals surface area contributed by atoms with E-state index in [0.717, 1.165) is 19.6 Å². The predicted octanol–water partition coefficient (Wildman–Crippen LogP) is 2.08. The summed E-state index contributed by atoms with van der Waals surface area (Å²) in [5, 5.41) is 3.43. The van der Waals surface area contributed by atoms with Crippen LogP contribution < -0.4 is 5.32 Å². The van der Waals surface area contributed by atoms with E-state index in [-0.39, 0.29) is 12.4 Å². The van der Waals surface area contributed by atoms with Gasteiger partial charge in [-0.1, -0.05) is 13.0 Å². The minimum atomic E-state index is 0. The SMILES string of the molecule is CCCN(Cc1ccccn1)C1CCNC1.Cl. The van der Waals surface area contributed by atoms with Crippen molar-refractivity contribution in [3.05, 3.63) is 30.1 Å². The maximum atomic E-state index is 4.41. The van der Waals surface area contributed by atoms with Gasteiger partial charge in [0.15, 0.2) is 0 Å². The third-order valence-corrected chi connectivity index (χ3v) is 3.15. The van der Waals surface area contributed by atoms with E-state index in [9.17, 15) is 0 Å². The normalized spacial score (nSPS) is 19.3. The zero-order valence-electron chi connectivity index (χ0n) is 10.4. The first kappa shape index (κ1) is 14.4. The van der Waals surface area contributed by atoms with E-state index in [1.54, 1.807) is 0 Å². The van der Waals surface area contributed by atoms with Crippen molar-refractivity contribution in [1.82, 2.24) is 15.2 Å². The molecule has 1 aliphatic rings. The molecular formula is C13H22ClN3. The number of halogens is 1. The third kappa shape index (κ3) is 4.26. The van der Waals surface area contributed by atoms with Crippen LogP contribution >= 0.6 is 12.4 Å². The molecule has 3 nitrogen and oxygen atoms in total. The maximum Gasteiger partial charge on any atom is 0.0544 e. The number of hydrogen-bond acceptors (Lipinski definition) is 3. The van der Waals surface area contributed by atoms with Gasteiger partial charge in [-0.15, -0.1) is 12.4 Å². The van der Waals surface area contributed by atoms with Gasteiger partial charge in [-0.3, -0.25) is 9.88 Å². The summed E-state index contributed by atoms with van der Waals surface area (Å²) in [5.74, 6) is 0. The molecule has 4 heteroatoms. The van der Waals surface area contributed by atoms with Gasteiger partial charge in [-0.2, -0.15) is 0 Å². The molecule has 1 N–H and O–H groups in total. The molecule has 0 radical (unpaired) electrons. The highest BCUT2D eigenvalue weighted by molar-refractivity contribution is 5.85. The lowest BCUT2D eigenvalue weighted by Gasteiger charge is -2.27. The van der Waals surface area contributed by atoms with Crippen LogP contribution in [0.3, 0.4) is 0 Å². The van der Waals surface area contributed by atoms with Crippen LogP contribution in [0, 0.1) is 0 Å². The van der Waals surface area contributed by atoms with Gasteiger partial charge in [-0.25, -0.2) is 0 Å². The highest BCUT2D eigenvalue weighted by Gasteiger charge is 2.21. The number of aromatic nitrogens is 1. The molecule has 0 spiro atoms. The fourth-order valence-electron chi connectivity index (χ4n) is 2.33. The van der Waals surface area contributed by atoms with Crippen LogP contribution in [-0.2, 0) is 6.54 Å². The summed E-state index contributed by atoms with van der Waals surface area (Å²) in [6.07, 6.45) is 4.36. The molecule has 1 aliphatic heterocycles. The van der Waals surface area contributed by atoms with Crippen LogP contribution in [-0.4, -0.2) is 35.6 Å². The molecule has 1 fully saturated rings. The van der Waals surface area contributed by atoms with Crippen LogP contribution in [0.5, 0.6) is 0 Å². The lowest BCUT2D eigenvalue weighted by Crippen LogP contribution is -2.37. The van der Waals surface area contributed by atoms with Crippen molar-refractivity contribution >= 4 is 12.4 Å². The summed E-state index contributed by atoms with van der Waals surface area (Å²) in [6, 6.07) is 6.86. The number of hydrogen-bond donors (Lipinski definition) is 1. The van der Waals surface area contributed by atoms with Gasteiger partial charge in [0, 0.05) is 25.3 Å². The Morgan fingerprint density at radius 1 is 1.47 bits per heavy atom. The summed E-state index contributed by atoms with van der Waals surface area (Å²) >= 11 is 0. The highest BCUT2D eigenvalue weighted by atomic mass is 35.5. The van der Waals surface area contributed by atoms with Gasteiger partial charge < -0.3 is 5.32 Å². The van der Waals surface area contributed by atoms with Crippen molar-refractivity contribution in [3.63, 3.8) is 0 Å². The smallest absolute Gasteiger partial charge is 0.0544 e. The summed E-state index contributed by atoms with van der Waals surface area (Å²) in [4.78, 5) is 6.97. The Hall–Kier alpha value is -0.640. The van der Waals surface area contributed by atoms with E-state index < -0.39 is 0 Å². The summed E-state index contributed by atoms with van der Waals surface area (Å²) in [6.45, 7) is 6.69.